The third-order valence-electron chi connectivity index (χ3n) is 1.64. The fourth-order valence-corrected chi connectivity index (χ4v) is 1.06. The van der Waals surface area contributed by atoms with E-state index < -0.39 is 0 Å². The fraction of sp³-hybridized carbons (Fsp3) is 0.400. The molecule has 1 N–H and O–H groups in total. The van der Waals surface area contributed by atoms with Crippen LogP contribution < -0.4 is 5.32 Å². The average molecular weight is 167 g/mol. The van der Waals surface area contributed by atoms with Crippen molar-refractivity contribution in [3.63, 3.8) is 0 Å². The van der Waals surface area contributed by atoms with E-state index in [1.165, 1.54) is 6.07 Å². The number of hydrogen-bond acceptors (Lipinski definition) is 1. The molecule has 0 spiro atoms. The Balaban J connectivity index is 2.41. The van der Waals surface area contributed by atoms with E-state index in [2.05, 4.69) is 12.2 Å². The molecule has 0 radical (unpaired) electrons. The molecule has 0 aliphatic carbocycles. The van der Waals surface area contributed by atoms with Crippen LogP contribution >= 0.6 is 0 Å². The Bertz CT molecular complexity index is 235. The van der Waals surface area contributed by atoms with E-state index in [1.54, 1.807) is 12.1 Å². The summed E-state index contributed by atoms with van der Waals surface area (Å²) in [5.74, 6) is -0.161. The largest absolute Gasteiger partial charge is 0.313 e. The van der Waals surface area contributed by atoms with Crippen LogP contribution in [0.15, 0.2) is 24.3 Å². The van der Waals surface area contributed by atoms with Crippen LogP contribution in [0, 0.1) is 5.82 Å². The van der Waals surface area contributed by atoms with Crippen LogP contribution in [-0.2, 0) is 6.54 Å². The van der Waals surface area contributed by atoms with Crippen LogP contribution in [-0.4, -0.2) is 6.54 Å². The van der Waals surface area contributed by atoms with Gasteiger partial charge in [0.1, 0.15) is 5.82 Å². The second-order valence-electron chi connectivity index (χ2n) is 2.81. The van der Waals surface area contributed by atoms with Gasteiger partial charge in [0.25, 0.3) is 0 Å². The van der Waals surface area contributed by atoms with E-state index in [9.17, 15) is 4.39 Å². The van der Waals surface area contributed by atoms with Crippen molar-refractivity contribution in [3.8, 4) is 0 Å². The van der Waals surface area contributed by atoms with Crippen LogP contribution in [0.5, 0.6) is 0 Å². The minimum absolute atomic E-state index is 0.161. The molecule has 12 heavy (non-hydrogen) atoms. The zero-order valence-corrected chi connectivity index (χ0v) is 7.31. The summed E-state index contributed by atoms with van der Waals surface area (Å²) < 4.78 is 12.6. The van der Waals surface area contributed by atoms with Gasteiger partial charge in [-0.05, 0) is 30.7 Å². The number of halogens is 1. The van der Waals surface area contributed by atoms with Gasteiger partial charge in [-0.25, -0.2) is 4.39 Å². The highest BCUT2D eigenvalue weighted by atomic mass is 19.1. The van der Waals surface area contributed by atoms with Crippen molar-refractivity contribution in [2.75, 3.05) is 6.54 Å². The summed E-state index contributed by atoms with van der Waals surface area (Å²) in [6.45, 7) is 3.85. The molecule has 66 valence electrons. The molecule has 0 aliphatic rings. The quantitative estimate of drug-likeness (QED) is 0.678. The van der Waals surface area contributed by atoms with E-state index in [0.29, 0.717) is 0 Å². The lowest BCUT2D eigenvalue weighted by atomic mass is 10.2. The second kappa shape index (κ2) is 4.88. The van der Waals surface area contributed by atoms with Gasteiger partial charge in [-0.15, -0.1) is 0 Å². The number of nitrogens with one attached hydrogen (secondary N) is 1. The van der Waals surface area contributed by atoms with Crippen LogP contribution in [0.4, 0.5) is 4.39 Å². The van der Waals surface area contributed by atoms with Gasteiger partial charge in [-0.1, -0.05) is 19.1 Å². The smallest absolute Gasteiger partial charge is 0.123 e. The molecule has 0 aliphatic heterocycles. The van der Waals surface area contributed by atoms with Crippen LogP contribution in [0.1, 0.15) is 18.9 Å². The lowest BCUT2D eigenvalue weighted by molar-refractivity contribution is 0.619. The number of hydrogen-bond donors (Lipinski definition) is 1. The summed E-state index contributed by atoms with van der Waals surface area (Å²) in [5.41, 5.74) is 1.00. The summed E-state index contributed by atoms with van der Waals surface area (Å²) in [5, 5.41) is 3.21. The molecule has 1 nitrogen and oxygen atoms in total. The molecule has 0 amide bonds. The monoisotopic (exact) mass is 167 g/mol. The normalized spacial score (nSPS) is 10.2. The van der Waals surface area contributed by atoms with E-state index in [1.807, 2.05) is 6.07 Å². The molecule has 0 fully saturated rings. The molecule has 0 aromatic heterocycles. The Morgan fingerprint density at radius 2 is 2.25 bits per heavy atom. The maximum atomic E-state index is 12.6. The summed E-state index contributed by atoms with van der Waals surface area (Å²) in [7, 11) is 0. The summed E-state index contributed by atoms with van der Waals surface area (Å²) >= 11 is 0. The van der Waals surface area contributed by atoms with E-state index in [0.717, 1.165) is 25.1 Å². The third-order valence-corrected chi connectivity index (χ3v) is 1.64. The number of benzene rings is 1. The third kappa shape index (κ3) is 3.01. The van der Waals surface area contributed by atoms with Crippen molar-refractivity contribution in [3.05, 3.63) is 35.6 Å². The van der Waals surface area contributed by atoms with Crippen LogP contribution in [0.25, 0.3) is 0 Å². The van der Waals surface area contributed by atoms with Crippen molar-refractivity contribution in [2.45, 2.75) is 19.9 Å². The van der Waals surface area contributed by atoms with E-state index in [-0.39, 0.29) is 5.82 Å². The summed E-state index contributed by atoms with van der Waals surface area (Å²) in [6, 6.07) is 6.68. The second-order valence-corrected chi connectivity index (χ2v) is 2.81. The molecule has 1 aromatic rings. The molecule has 0 unspecified atom stereocenters. The predicted octanol–water partition coefficient (Wildman–Crippen LogP) is 2.33. The first-order valence-electron chi connectivity index (χ1n) is 4.28. The van der Waals surface area contributed by atoms with Gasteiger partial charge in [0.15, 0.2) is 0 Å². The minimum atomic E-state index is -0.161. The van der Waals surface area contributed by atoms with Gasteiger partial charge in [0.05, 0.1) is 0 Å². The van der Waals surface area contributed by atoms with Crippen LogP contribution in [0.3, 0.4) is 0 Å². The van der Waals surface area contributed by atoms with Crippen molar-refractivity contribution < 1.29 is 4.39 Å². The Labute approximate surface area is 72.6 Å². The molecule has 0 saturated heterocycles. The topological polar surface area (TPSA) is 12.0 Å². The van der Waals surface area contributed by atoms with Crippen molar-refractivity contribution in [2.24, 2.45) is 0 Å². The van der Waals surface area contributed by atoms with Gasteiger partial charge >= 0.3 is 0 Å². The molecule has 0 bridgehead atoms. The molecule has 1 rings (SSSR count). The fourth-order valence-electron chi connectivity index (χ4n) is 1.06. The highest BCUT2D eigenvalue weighted by Gasteiger charge is 1.93. The van der Waals surface area contributed by atoms with Crippen molar-refractivity contribution in [1.29, 1.82) is 0 Å². The first-order chi connectivity index (χ1) is 5.83. The summed E-state index contributed by atoms with van der Waals surface area (Å²) in [6.07, 6.45) is 1.11. The molecule has 2 heteroatoms. The zero-order chi connectivity index (χ0) is 8.81. The standard InChI is InChI=1S/C10H14FN/c1-2-6-12-8-9-4-3-5-10(11)7-9/h3-5,7,12H,2,6,8H2,1H3. The maximum absolute atomic E-state index is 12.6. The molecule has 0 saturated carbocycles. The SMILES string of the molecule is CCCNCc1cccc(F)c1. The van der Waals surface area contributed by atoms with E-state index in [4.69, 9.17) is 0 Å². The van der Waals surface area contributed by atoms with Gasteiger partial charge in [-0.3, -0.25) is 0 Å². The highest BCUT2D eigenvalue weighted by Crippen LogP contribution is 2.02. The average Bonchev–Trinajstić information content (AvgIpc) is 2.05. The number of rotatable bonds is 4. The predicted molar refractivity (Wildman–Crippen MR) is 48.4 cm³/mol. The van der Waals surface area contributed by atoms with E-state index >= 15 is 0 Å². The lowest BCUT2D eigenvalue weighted by Gasteiger charge is -2.02. The van der Waals surface area contributed by atoms with Crippen molar-refractivity contribution >= 4 is 0 Å². The van der Waals surface area contributed by atoms with Crippen molar-refractivity contribution in [1.82, 2.24) is 5.32 Å². The summed E-state index contributed by atoms with van der Waals surface area (Å²) in [4.78, 5) is 0. The molecular weight excluding hydrogens is 153 g/mol. The van der Waals surface area contributed by atoms with Gasteiger partial charge in [-0.2, -0.15) is 0 Å². The lowest BCUT2D eigenvalue weighted by Crippen LogP contribution is -2.13. The molecule has 1 aromatic carbocycles. The Morgan fingerprint density at radius 1 is 1.42 bits per heavy atom. The molecule has 0 atom stereocenters. The Morgan fingerprint density at radius 3 is 2.92 bits per heavy atom. The molecule has 0 heterocycles. The minimum Gasteiger partial charge on any atom is -0.313 e. The zero-order valence-electron chi connectivity index (χ0n) is 7.31. The van der Waals surface area contributed by atoms with Gasteiger partial charge < -0.3 is 5.32 Å². The van der Waals surface area contributed by atoms with Gasteiger partial charge in [0, 0.05) is 6.54 Å². The van der Waals surface area contributed by atoms with Gasteiger partial charge in [0.2, 0.25) is 0 Å². The maximum Gasteiger partial charge on any atom is 0.123 e. The first kappa shape index (κ1) is 9.20. The Hall–Kier alpha value is -0.890. The first-order valence-corrected chi connectivity index (χ1v) is 4.28. The van der Waals surface area contributed by atoms with Crippen LogP contribution in [0.2, 0.25) is 0 Å². The Kier molecular flexibility index (Phi) is 3.74. The highest BCUT2D eigenvalue weighted by molar-refractivity contribution is 5.15. The molecular formula is C10H14FN.